The zero-order valence-electron chi connectivity index (χ0n) is 15.2. The number of anilines is 1. The van der Waals surface area contributed by atoms with Crippen molar-refractivity contribution in [1.82, 2.24) is 5.43 Å². The van der Waals surface area contributed by atoms with Gasteiger partial charge in [0.2, 0.25) is 5.91 Å². The number of nitro groups is 1. The first-order valence-electron chi connectivity index (χ1n) is 8.16. The number of nitrogens with zero attached hydrogens (tertiary/aromatic N) is 2. The van der Waals surface area contributed by atoms with Gasteiger partial charge in [-0.2, -0.15) is 5.10 Å². The fourth-order valence-electron chi connectivity index (χ4n) is 1.94. The standard InChI is InChI=1S/C19H20N4O4/c1-19(2,3)18(25)21-15-8-6-14(7-9-15)17(24)22-20-12-13-4-10-16(11-5-13)23(26)27/h4-12H,1-3H3,(H,21,25)(H,22,24)/b20-12+. The number of non-ortho nitro benzene ring substituents is 1. The fourth-order valence-corrected chi connectivity index (χ4v) is 1.94. The molecule has 0 bridgehead atoms. The molecule has 2 N–H and O–H groups in total. The molecule has 0 aliphatic carbocycles. The van der Waals surface area contributed by atoms with Crippen LogP contribution in [0.4, 0.5) is 11.4 Å². The van der Waals surface area contributed by atoms with E-state index in [9.17, 15) is 19.7 Å². The molecular weight excluding hydrogens is 348 g/mol. The summed E-state index contributed by atoms with van der Waals surface area (Å²) in [6, 6.07) is 12.2. The lowest BCUT2D eigenvalue weighted by Crippen LogP contribution is -2.27. The number of nitro benzene ring substituents is 1. The van der Waals surface area contributed by atoms with Crippen LogP contribution in [0.15, 0.2) is 53.6 Å². The van der Waals surface area contributed by atoms with E-state index in [2.05, 4.69) is 15.8 Å². The number of hydrogen-bond acceptors (Lipinski definition) is 5. The fraction of sp³-hybridized carbons (Fsp3) is 0.211. The molecule has 2 aromatic rings. The highest BCUT2D eigenvalue weighted by Crippen LogP contribution is 2.17. The number of hydrogen-bond donors (Lipinski definition) is 2. The third-order valence-electron chi connectivity index (χ3n) is 3.57. The monoisotopic (exact) mass is 368 g/mol. The minimum atomic E-state index is -0.511. The van der Waals surface area contributed by atoms with Crippen molar-refractivity contribution < 1.29 is 14.5 Å². The Hall–Kier alpha value is -3.55. The molecule has 2 aromatic carbocycles. The van der Waals surface area contributed by atoms with Gasteiger partial charge in [0.25, 0.3) is 11.6 Å². The van der Waals surface area contributed by atoms with Crippen molar-refractivity contribution >= 4 is 29.4 Å². The summed E-state index contributed by atoms with van der Waals surface area (Å²) in [4.78, 5) is 34.1. The third-order valence-corrected chi connectivity index (χ3v) is 3.57. The van der Waals surface area contributed by atoms with Gasteiger partial charge in [0.15, 0.2) is 0 Å². The number of carbonyl (C=O) groups excluding carboxylic acids is 2. The van der Waals surface area contributed by atoms with Gasteiger partial charge < -0.3 is 5.32 Å². The van der Waals surface area contributed by atoms with E-state index in [1.807, 2.05) is 20.8 Å². The SMILES string of the molecule is CC(C)(C)C(=O)Nc1ccc(C(=O)N/N=C/c2ccc([N+](=O)[O-])cc2)cc1. The summed E-state index contributed by atoms with van der Waals surface area (Å²) in [5.74, 6) is -0.533. The van der Waals surface area contributed by atoms with Crippen molar-refractivity contribution in [3.05, 3.63) is 69.8 Å². The Labute approximate surface area is 156 Å². The van der Waals surface area contributed by atoms with Crippen LogP contribution in [0.3, 0.4) is 0 Å². The van der Waals surface area contributed by atoms with Crippen LogP contribution in [0.5, 0.6) is 0 Å². The van der Waals surface area contributed by atoms with Crippen LogP contribution >= 0.6 is 0 Å². The molecule has 2 rings (SSSR count). The van der Waals surface area contributed by atoms with E-state index in [1.165, 1.54) is 30.5 Å². The average molecular weight is 368 g/mol. The second-order valence-electron chi connectivity index (χ2n) is 6.83. The molecular formula is C19H20N4O4. The van der Waals surface area contributed by atoms with E-state index in [1.54, 1.807) is 24.3 Å². The second-order valence-corrected chi connectivity index (χ2v) is 6.83. The second kappa shape index (κ2) is 8.22. The first kappa shape index (κ1) is 19.8. The topological polar surface area (TPSA) is 114 Å². The molecule has 0 radical (unpaired) electrons. The van der Waals surface area contributed by atoms with E-state index >= 15 is 0 Å². The molecule has 0 aliphatic rings. The molecule has 0 saturated carbocycles. The van der Waals surface area contributed by atoms with Crippen molar-refractivity contribution in [1.29, 1.82) is 0 Å². The van der Waals surface area contributed by atoms with Crippen molar-refractivity contribution in [3.8, 4) is 0 Å². The molecule has 2 amide bonds. The van der Waals surface area contributed by atoms with Crippen LogP contribution in [0.25, 0.3) is 0 Å². The molecule has 0 spiro atoms. The molecule has 27 heavy (non-hydrogen) atoms. The summed E-state index contributed by atoms with van der Waals surface area (Å²) < 4.78 is 0. The van der Waals surface area contributed by atoms with Gasteiger partial charge in [-0.1, -0.05) is 20.8 Å². The zero-order chi connectivity index (χ0) is 20.0. The lowest BCUT2D eigenvalue weighted by Gasteiger charge is -2.17. The minimum Gasteiger partial charge on any atom is -0.326 e. The molecule has 8 nitrogen and oxygen atoms in total. The van der Waals surface area contributed by atoms with Crippen molar-refractivity contribution in [2.75, 3.05) is 5.32 Å². The van der Waals surface area contributed by atoms with Crippen LogP contribution in [0, 0.1) is 15.5 Å². The lowest BCUT2D eigenvalue weighted by molar-refractivity contribution is -0.384. The highest BCUT2D eigenvalue weighted by Gasteiger charge is 2.21. The Morgan fingerprint density at radius 3 is 2.15 bits per heavy atom. The summed E-state index contributed by atoms with van der Waals surface area (Å²) in [5, 5.41) is 17.2. The molecule has 0 atom stereocenters. The van der Waals surface area contributed by atoms with E-state index in [0.29, 0.717) is 16.8 Å². The average Bonchev–Trinajstić information content (AvgIpc) is 2.62. The number of benzene rings is 2. The van der Waals surface area contributed by atoms with Crippen LogP contribution in [-0.4, -0.2) is 23.0 Å². The molecule has 0 heterocycles. The highest BCUT2D eigenvalue weighted by atomic mass is 16.6. The zero-order valence-corrected chi connectivity index (χ0v) is 15.2. The molecule has 140 valence electrons. The van der Waals surface area contributed by atoms with Gasteiger partial charge in [-0.25, -0.2) is 5.43 Å². The van der Waals surface area contributed by atoms with Crippen molar-refractivity contribution in [2.24, 2.45) is 10.5 Å². The maximum Gasteiger partial charge on any atom is 0.271 e. The number of nitrogens with one attached hydrogen (secondary N) is 2. The van der Waals surface area contributed by atoms with Crippen LogP contribution in [0.1, 0.15) is 36.7 Å². The van der Waals surface area contributed by atoms with Gasteiger partial charge in [-0.15, -0.1) is 0 Å². The van der Waals surface area contributed by atoms with Gasteiger partial charge in [-0.05, 0) is 42.0 Å². The van der Waals surface area contributed by atoms with Gasteiger partial charge in [0.1, 0.15) is 0 Å². The van der Waals surface area contributed by atoms with Crippen LogP contribution < -0.4 is 10.7 Å². The number of carbonyl (C=O) groups is 2. The maximum atomic E-state index is 12.1. The normalized spacial score (nSPS) is 11.2. The predicted molar refractivity (Wildman–Crippen MR) is 103 cm³/mol. The Balaban J connectivity index is 1.94. The quantitative estimate of drug-likeness (QED) is 0.478. The van der Waals surface area contributed by atoms with E-state index in [0.717, 1.165) is 0 Å². The maximum absolute atomic E-state index is 12.1. The molecule has 0 aliphatic heterocycles. The molecule has 0 saturated heterocycles. The predicted octanol–water partition coefficient (Wildman–Crippen LogP) is 3.34. The third kappa shape index (κ3) is 5.74. The van der Waals surface area contributed by atoms with Crippen LogP contribution in [-0.2, 0) is 4.79 Å². The van der Waals surface area contributed by atoms with Gasteiger partial charge in [0, 0.05) is 28.8 Å². The van der Waals surface area contributed by atoms with E-state index < -0.39 is 16.2 Å². The number of amides is 2. The Bertz CT molecular complexity index is 866. The Kier molecular flexibility index (Phi) is 6.02. The van der Waals surface area contributed by atoms with Gasteiger partial charge in [-0.3, -0.25) is 19.7 Å². The highest BCUT2D eigenvalue weighted by molar-refractivity contribution is 5.97. The Morgan fingerprint density at radius 1 is 1.04 bits per heavy atom. The number of hydrazone groups is 1. The van der Waals surface area contributed by atoms with E-state index in [4.69, 9.17) is 0 Å². The first-order chi connectivity index (χ1) is 12.7. The summed E-state index contributed by atoms with van der Waals surface area (Å²) in [6.07, 6.45) is 1.39. The van der Waals surface area contributed by atoms with Crippen molar-refractivity contribution in [3.63, 3.8) is 0 Å². The molecule has 0 unspecified atom stereocenters. The molecule has 8 heteroatoms. The number of rotatable bonds is 5. The molecule has 0 fully saturated rings. The smallest absolute Gasteiger partial charge is 0.271 e. The first-order valence-corrected chi connectivity index (χ1v) is 8.16. The van der Waals surface area contributed by atoms with Gasteiger partial charge >= 0.3 is 0 Å². The van der Waals surface area contributed by atoms with Gasteiger partial charge in [0.05, 0.1) is 11.1 Å². The van der Waals surface area contributed by atoms with Crippen LogP contribution in [0.2, 0.25) is 0 Å². The minimum absolute atomic E-state index is 0.0187. The largest absolute Gasteiger partial charge is 0.326 e. The summed E-state index contributed by atoms with van der Waals surface area (Å²) >= 11 is 0. The van der Waals surface area contributed by atoms with Crippen molar-refractivity contribution in [2.45, 2.75) is 20.8 Å². The van der Waals surface area contributed by atoms with E-state index in [-0.39, 0.29) is 11.6 Å². The summed E-state index contributed by atoms with van der Waals surface area (Å²) in [6.45, 7) is 5.44. The Morgan fingerprint density at radius 2 is 1.63 bits per heavy atom. The summed E-state index contributed by atoms with van der Waals surface area (Å²) in [5.41, 5.74) is 3.44. The lowest BCUT2D eigenvalue weighted by atomic mass is 9.95. The molecule has 0 aromatic heterocycles. The summed E-state index contributed by atoms with van der Waals surface area (Å²) in [7, 11) is 0.